The smallest absolute Gasteiger partial charge is 0.163 e. The zero-order valence-corrected chi connectivity index (χ0v) is 19.5. The molecule has 23 heavy (non-hydrogen) atoms. The number of hydrogen-bond donors (Lipinski definition) is 0. The molecule has 0 N–H and O–H groups in total. The molecule has 0 aromatic rings. The van der Waals surface area contributed by atoms with E-state index in [2.05, 4.69) is 64.9 Å². The van der Waals surface area contributed by atoms with Gasteiger partial charge in [-0.1, -0.05) is 41.5 Å². The summed E-state index contributed by atoms with van der Waals surface area (Å²) in [4.78, 5) is 2.67. The van der Waals surface area contributed by atoms with Crippen LogP contribution in [0.5, 0.6) is 0 Å². The summed E-state index contributed by atoms with van der Waals surface area (Å²) in [6, 6.07) is 1.30. The second-order valence-corrected chi connectivity index (χ2v) is 15.8. The van der Waals surface area contributed by atoms with Crippen LogP contribution < -0.4 is 0 Å². The lowest BCUT2D eigenvalue weighted by Gasteiger charge is -2.53. The Bertz CT molecular complexity index is 305. The summed E-state index contributed by atoms with van der Waals surface area (Å²) in [5.74, 6) is 0. The second-order valence-electron chi connectivity index (χ2n) is 8.45. The van der Waals surface area contributed by atoms with Gasteiger partial charge < -0.3 is 13.9 Å². The zero-order chi connectivity index (χ0) is 17.6. The minimum Gasteiger partial charge on any atom is -0.422 e. The molecule has 0 aromatic carbocycles. The highest BCUT2D eigenvalue weighted by Gasteiger charge is 2.48. The van der Waals surface area contributed by atoms with E-state index >= 15 is 0 Å². The Hall–Kier alpha value is 0.314. The molecule has 3 nitrogen and oxygen atoms in total. The normalized spacial score (nSPS) is 19.3. The molecule has 1 rings (SSSR count). The molecule has 1 aliphatic rings. The third-order valence-electron chi connectivity index (χ3n) is 5.76. The molecule has 0 atom stereocenters. The van der Waals surface area contributed by atoms with Gasteiger partial charge in [0.15, 0.2) is 9.76 Å². The quantitative estimate of drug-likeness (QED) is 0.461. The highest BCUT2D eigenvalue weighted by atomic mass is 28.3. The van der Waals surface area contributed by atoms with Crippen LogP contribution in [0.25, 0.3) is 0 Å². The minimum atomic E-state index is -1.42. The van der Waals surface area contributed by atoms with Gasteiger partial charge >= 0.3 is 0 Å². The van der Waals surface area contributed by atoms with Crippen molar-refractivity contribution in [3.05, 3.63) is 0 Å². The van der Waals surface area contributed by atoms with Crippen LogP contribution in [0.4, 0.5) is 0 Å². The lowest BCUT2D eigenvalue weighted by Crippen LogP contribution is -2.65. The summed E-state index contributed by atoms with van der Waals surface area (Å²) in [5.41, 5.74) is 2.50. The summed E-state index contributed by atoms with van der Waals surface area (Å²) in [5, 5.41) is 0. The summed E-state index contributed by atoms with van der Waals surface area (Å²) in [6.07, 6.45) is 0.424. The largest absolute Gasteiger partial charge is 0.422 e. The van der Waals surface area contributed by atoms with Gasteiger partial charge in [0.05, 0.1) is 0 Å². The molecule has 0 unspecified atom stereocenters. The van der Waals surface area contributed by atoms with Crippen molar-refractivity contribution in [2.24, 2.45) is 0 Å². The van der Waals surface area contributed by atoms with E-state index in [0.717, 1.165) is 16.6 Å². The van der Waals surface area contributed by atoms with Gasteiger partial charge in [-0.25, -0.2) is 0 Å². The summed E-state index contributed by atoms with van der Waals surface area (Å²) >= 11 is 0. The molecule has 0 amide bonds. The van der Waals surface area contributed by atoms with Crippen LogP contribution in [-0.2, 0) is 4.43 Å². The molecule has 138 valence electrons. The van der Waals surface area contributed by atoms with Crippen LogP contribution in [0.3, 0.4) is 0 Å². The number of hydrogen-bond acceptors (Lipinski definition) is 3. The Morgan fingerprint density at radius 3 is 1.70 bits per heavy atom. The fraction of sp³-hybridized carbons (Fsp3) is 1.00. The summed E-state index contributed by atoms with van der Waals surface area (Å²) in [6.45, 7) is 25.5. The van der Waals surface area contributed by atoms with E-state index in [1.165, 1.54) is 38.8 Å². The summed E-state index contributed by atoms with van der Waals surface area (Å²) < 4.78 is 8.76. The first kappa shape index (κ1) is 21.4. The lowest BCUT2D eigenvalue weighted by atomic mass is 10.4. The molecule has 1 fully saturated rings. The van der Waals surface area contributed by atoms with Gasteiger partial charge in [-0.2, -0.15) is 0 Å². The van der Waals surface area contributed by atoms with Crippen molar-refractivity contribution < 1.29 is 4.43 Å². The average Bonchev–Trinajstić information content (AvgIpc) is 2.44. The molecule has 1 saturated heterocycles. The Balaban J connectivity index is 2.55. The average molecular weight is 359 g/mol. The van der Waals surface area contributed by atoms with E-state index in [-0.39, 0.29) is 9.76 Å². The molecular formula is C18H42N2OSi2. The van der Waals surface area contributed by atoms with E-state index < -0.39 is 8.24 Å². The molecule has 1 heterocycles. The van der Waals surface area contributed by atoms with Crippen molar-refractivity contribution >= 4 is 18.0 Å². The number of rotatable bonds is 9. The molecule has 0 aromatic heterocycles. The molecule has 0 aliphatic carbocycles. The highest BCUT2D eigenvalue weighted by molar-refractivity contribution is 6.81. The van der Waals surface area contributed by atoms with Crippen molar-refractivity contribution in [3.63, 3.8) is 0 Å². The van der Waals surface area contributed by atoms with Crippen LogP contribution in [0.15, 0.2) is 0 Å². The maximum Gasteiger partial charge on any atom is 0.163 e. The van der Waals surface area contributed by atoms with E-state index in [1.807, 2.05) is 0 Å². The molecule has 1 aliphatic heterocycles. The van der Waals surface area contributed by atoms with Crippen LogP contribution in [0.2, 0.25) is 22.7 Å². The van der Waals surface area contributed by atoms with Gasteiger partial charge in [0, 0.05) is 32.3 Å². The van der Waals surface area contributed by atoms with E-state index in [4.69, 9.17) is 4.43 Å². The van der Waals surface area contributed by atoms with Crippen molar-refractivity contribution in [2.45, 2.75) is 84.2 Å². The maximum absolute atomic E-state index is 5.81. The standard InChI is InChI=1S/C18H42N2OSi2/c1-15(2)21-22-14-13-19-9-11-20(12-10-19)23(16(3)4,17(5)6)18(7)8/h15-18H,9-14,22H2,1-8H3. The fourth-order valence-corrected chi connectivity index (χ4v) is 13.4. The van der Waals surface area contributed by atoms with Crippen LogP contribution >= 0.6 is 0 Å². The predicted octanol–water partition coefficient (Wildman–Crippen LogP) is 3.71. The van der Waals surface area contributed by atoms with Gasteiger partial charge in [0.2, 0.25) is 0 Å². The first-order chi connectivity index (χ1) is 10.7. The van der Waals surface area contributed by atoms with Crippen LogP contribution in [0.1, 0.15) is 55.4 Å². The topological polar surface area (TPSA) is 15.7 Å². The van der Waals surface area contributed by atoms with Gasteiger partial charge in [-0.15, -0.1) is 0 Å². The van der Waals surface area contributed by atoms with E-state index in [9.17, 15) is 0 Å². The Morgan fingerprint density at radius 1 is 0.826 bits per heavy atom. The molecule has 0 spiro atoms. The van der Waals surface area contributed by atoms with Gasteiger partial charge in [0.1, 0.15) is 8.24 Å². The first-order valence-electron chi connectivity index (χ1n) is 9.81. The van der Waals surface area contributed by atoms with Crippen LogP contribution in [-0.4, -0.2) is 66.3 Å². The zero-order valence-electron chi connectivity index (χ0n) is 17.1. The van der Waals surface area contributed by atoms with Crippen molar-refractivity contribution in [2.75, 3.05) is 32.7 Å². The van der Waals surface area contributed by atoms with Gasteiger partial charge in [-0.3, -0.25) is 0 Å². The Morgan fingerprint density at radius 2 is 1.30 bits per heavy atom. The number of nitrogens with zero attached hydrogens (tertiary/aromatic N) is 2. The monoisotopic (exact) mass is 358 g/mol. The molecule has 5 heteroatoms. The van der Waals surface area contributed by atoms with E-state index in [1.54, 1.807) is 0 Å². The van der Waals surface area contributed by atoms with E-state index in [0.29, 0.717) is 6.10 Å². The van der Waals surface area contributed by atoms with Crippen LogP contribution in [0, 0.1) is 0 Å². The Kier molecular flexibility index (Phi) is 9.01. The predicted molar refractivity (Wildman–Crippen MR) is 109 cm³/mol. The van der Waals surface area contributed by atoms with Gasteiger partial charge in [0.25, 0.3) is 0 Å². The molecule has 0 radical (unpaired) electrons. The summed E-state index contributed by atoms with van der Waals surface area (Å²) in [7, 11) is -1.73. The maximum atomic E-state index is 5.81. The van der Waals surface area contributed by atoms with Crippen molar-refractivity contribution in [3.8, 4) is 0 Å². The highest BCUT2D eigenvalue weighted by Crippen LogP contribution is 2.44. The van der Waals surface area contributed by atoms with Crippen molar-refractivity contribution in [1.82, 2.24) is 9.47 Å². The third-order valence-corrected chi connectivity index (χ3v) is 14.4. The Labute approximate surface area is 149 Å². The number of piperazine rings is 1. The molecule has 0 saturated carbocycles. The fourth-order valence-electron chi connectivity index (χ4n) is 5.06. The van der Waals surface area contributed by atoms with Crippen molar-refractivity contribution in [1.29, 1.82) is 0 Å². The minimum absolute atomic E-state index is 0.307. The third kappa shape index (κ3) is 5.39. The first-order valence-corrected chi connectivity index (χ1v) is 13.6. The SMILES string of the molecule is CC(C)O[SiH2]CCN1CCN([Si](C(C)C)(C(C)C)C(C)C)CC1. The second kappa shape index (κ2) is 9.71. The molecule has 0 bridgehead atoms. The lowest BCUT2D eigenvalue weighted by molar-refractivity contribution is 0.181. The van der Waals surface area contributed by atoms with Gasteiger partial charge in [-0.05, 0) is 43.1 Å². The molecular weight excluding hydrogens is 316 g/mol.